The Balaban J connectivity index is 1.88. The van der Waals surface area contributed by atoms with Crippen LogP contribution in [0, 0.1) is 5.82 Å². The highest BCUT2D eigenvalue weighted by Crippen LogP contribution is 2.19. The van der Waals surface area contributed by atoms with E-state index < -0.39 is 27.9 Å². The van der Waals surface area contributed by atoms with Gasteiger partial charge < -0.3 is 4.74 Å². The zero-order valence-corrected chi connectivity index (χ0v) is 15.4. The van der Waals surface area contributed by atoms with Crippen LogP contribution in [-0.4, -0.2) is 27.5 Å². The first kappa shape index (κ1) is 19.0. The highest BCUT2D eigenvalue weighted by molar-refractivity contribution is 7.89. The second-order valence-corrected chi connectivity index (χ2v) is 7.75. The smallest absolute Gasteiger partial charge is 0.324 e. The first-order valence-corrected chi connectivity index (χ1v) is 9.71. The maximum absolute atomic E-state index is 13.1. The van der Waals surface area contributed by atoms with Gasteiger partial charge in [0.25, 0.3) is 0 Å². The van der Waals surface area contributed by atoms with Crippen LogP contribution in [-0.2, 0) is 26.0 Å². The lowest BCUT2D eigenvalue weighted by molar-refractivity contribution is -0.142. The van der Waals surface area contributed by atoms with Crippen LogP contribution in [0.1, 0.15) is 5.56 Å². The number of nitrogens with one attached hydrogen (secondary N) is 1. The molecule has 0 heterocycles. The van der Waals surface area contributed by atoms with E-state index in [0.29, 0.717) is 5.56 Å². The van der Waals surface area contributed by atoms with E-state index in [1.54, 1.807) is 12.1 Å². The van der Waals surface area contributed by atoms with Gasteiger partial charge in [-0.15, -0.1) is 0 Å². The molecule has 0 aliphatic heterocycles. The van der Waals surface area contributed by atoms with E-state index in [1.165, 1.54) is 37.4 Å². The van der Waals surface area contributed by atoms with E-state index in [4.69, 9.17) is 4.74 Å². The van der Waals surface area contributed by atoms with Gasteiger partial charge in [-0.25, -0.2) is 12.8 Å². The van der Waals surface area contributed by atoms with Crippen molar-refractivity contribution in [2.45, 2.75) is 17.4 Å². The lowest BCUT2D eigenvalue weighted by atomic mass is 10.1. The largest absolute Gasteiger partial charge is 0.468 e. The molecule has 27 heavy (non-hydrogen) atoms. The zero-order chi connectivity index (χ0) is 19.4. The van der Waals surface area contributed by atoms with Gasteiger partial charge in [-0.05, 0) is 47.0 Å². The van der Waals surface area contributed by atoms with Gasteiger partial charge in [0, 0.05) is 0 Å². The minimum Gasteiger partial charge on any atom is -0.468 e. The summed E-state index contributed by atoms with van der Waals surface area (Å²) in [6.07, 6.45) is 0.0414. The first-order chi connectivity index (χ1) is 12.9. The Labute approximate surface area is 156 Å². The van der Waals surface area contributed by atoms with Crippen molar-refractivity contribution in [3.8, 4) is 0 Å². The van der Waals surface area contributed by atoms with Crippen molar-refractivity contribution in [2.75, 3.05) is 7.11 Å². The number of hydrogen-bond acceptors (Lipinski definition) is 4. The Morgan fingerprint density at radius 1 is 1.04 bits per heavy atom. The average molecular weight is 387 g/mol. The van der Waals surface area contributed by atoms with E-state index in [1.807, 2.05) is 24.3 Å². The Morgan fingerprint density at radius 3 is 2.37 bits per heavy atom. The highest BCUT2D eigenvalue weighted by Gasteiger charge is 2.27. The molecule has 1 unspecified atom stereocenters. The van der Waals surface area contributed by atoms with Gasteiger partial charge in [0.05, 0.1) is 12.0 Å². The maximum Gasteiger partial charge on any atom is 0.324 e. The minimum absolute atomic E-state index is 0.0414. The molecule has 3 aromatic carbocycles. The number of esters is 1. The molecule has 0 fully saturated rings. The van der Waals surface area contributed by atoms with Gasteiger partial charge in [-0.2, -0.15) is 4.72 Å². The van der Waals surface area contributed by atoms with E-state index in [0.717, 1.165) is 10.8 Å². The number of benzene rings is 3. The summed E-state index contributed by atoms with van der Waals surface area (Å²) in [4.78, 5) is 12.1. The van der Waals surface area contributed by atoms with Gasteiger partial charge in [-0.3, -0.25) is 4.79 Å². The second kappa shape index (κ2) is 7.85. The molecule has 0 aliphatic carbocycles. The number of halogens is 1. The monoisotopic (exact) mass is 387 g/mol. The number of carbonyl (C=O) groups excluding carboxylic acids is 1. The fourth-order valence-corrected chi connectivity index (χ4v) is 3.98. The fraction of sp³-hybridized carbons (Fsp3) is 0.150. The summed E-state index contributed by atoms with van der Waals surface area (Å²) in [5.41, 5.74) is 0.605. The molecule has 7 heteroatoms. The van der Waals surface area contributed by atoms with Crippen LogP contribution >= 0.6 is 0 Å². The summed E-state index contributed by atoms with van der Waals surface area (Å²) in [6, 6.07) is 16.5. The van der Waals surface area contributed by atoms with Crippen LogP contribution in [0.2, 0.25) is 0 Å². The summed E-state index contributed by atoms with van der Waals surface area (Å²) < 4.78 is 45.7. The van der Waals surface area contributed by atoms with Crippen molar-refractivity contribution in [1.82, 2.24) is 4.72 Å². The summed E-state index contributed by atoms with van der Waals surface area (Å²) in [6.45, 7) is 0. The predicted octanol–water partition coefficient (Wildman–Crippen LogP) is 3.04. The summed E-state index contributed by atoms with van der Waals surface area (Å²) in [7, 11) is -2.77. The number of rotatable bonds is 6. The van der Waals surface area contributed by atoms with E-state index >= 15 is 0 Å². The molecule has 0 radical (unpaired) electrons. The average Bonchev–Trinajstić information content (AvgIpc) is 2.68. The third kappa shape index (κ3) is 4.50. The molecule has 5 nitrogen and oxygen atoms in total. The van der Waals surface area contributed by atoms with Crippen molar-refractivity contribution in [3.63, 3.8) is 0 Å². The van der Waals surface area contributed by atoms with Crippen molar-refractivity contribution in [2.24, 2.45) is 0 Å². The van der Waals surface area contributed by atoms with Crippen molar-refractivity contribution < 1.29 is 22.3 Å². The third-order valence-electron chi connectivity index (χ3n) is 4.17. The van der Waals surface area contributed by atoms with E-state index in [9.17, 15) is 17.6 Å². The summed E-state index contributed by atoms with van der Waals surface area (Å²) >= 11 is 0. The van der Waals surface area contributed by atoms with Crippen LogP contribution in [0.15, 0.2) is 71.6 Å². The van der Waals surface area contributed by atoms with E-state index in [2.05, 4.69) is 4.72 Å². The van der Waals surface area contributed by atoms with E-state index in [-0.39, 0.29) is 11.3 Å². The third-order valence-corrected chi connectivity index (χ3v) is 5.64. The Morgan fingerprint density at radius 2 is 1.70 bits per heavy atom. The normalized spacial score (nSPS) is 12.7. The van der Waals surface area contributed by atoms with Gasteiger partial charge in [0.15, 0.2) is 0 Å². The number of carbonyl (C=O) groups is 1. The molecule has 0 amide bonds. The zero-order valence-electron chi connectivity index (χ0n) is 14.6. The summed E-state index contributed by atoms with van der Waals surface area (Å²) in [5.74, 6) is -1.13. The number of hydrogen-bond donors (Lipinski definition) is 1. The molecule has 140 valence electrons. The van der Waals surface area contributed by atoms with Gasteiger partial charge in [0.1, 0.15) is 11.9 Å². The molecule has 3 aromatic rings. The van der Waals surface area contributed by atoms with Crippen LogP contribution < -0.4 is 4.72 Å². The Kier molecular flexibility index (Phi) is 5.53. The molecule has 1 atom stereocenters. The number of fused-ring (bicyclic) bond motifs is 1. The standard InChI is InChI=1S/C20H18FNO4S/c1-26-20(23)19(12-14-6-9-17(21)10-7-14)22-27(24,25)18-11-8-15-4-2-3-5-16(15)13-18/h2-11,13,19,22H,12H2,1H3. The van der Waals surface area contributed by atoms with Crippen LogP contribution in [0.5, 0.6) is 0 Å². The number of ether oxygens (including phenoxy) is 1. The van der Waals surface area contributed by atoms with Crippen LogP contribution in [0.3, 0.4) is 0 Å². The summed E-state index contributed by atoms with van der Waals surface area (Å²) in [5, 5.41) is 1.68. The highest BCUT2D eigenvalue weighted by atomic mass is 32.2. The van der Waals surface area contributed by atoms with Gasteiger partial charge in [-0.1, -0.05) is 42.5 Å². The molecule has 1 N–H and O–H groups in total. The first-order valence-electron chi connectivity index (χ1n) is 8.22. The molecule has 0 saturated heterocycles. The van der Waals surface area contributed by atoms with Crippen LogP contribution in [0.25, 0.3) is 10.8 Å². The number of methoxy groups -OCH3 is 1. The minimum atomic E-state index is -3.96. The van der Waals surface area contributed by atoms with Gasteiger partial charge in [0.2, 0.25) is 10.0 Å². The number of sulfonamides is 1. The molecule has 0 saturated carbocycles. The van der Waals surface area contributed by atoms with Crippen molar-refractivity contribution in [3.05, 3.63) is 78.1 Å². The second-order valence-electron chi connectivity index (χ2n) is 6.04. The molecular formula is C20H18FNO4S. The lowest BCUT2D eigenvalue weighted by Gasteiger charge is -2.17. The molecule has 0 aromatic heterocycles. The van der Waals surface area contributed by atoms with Crippen molar-refractivity contribution >= 4 is 26.8 Å². The Bertz CT molecular complexity index is 1060. The topological polar surface area (TPSA) is 72.5 Å². The quantitative estimate of drug-likeness (QED) is 0.660. The molecule has 0 aliphatic rings. The SMILES string of the molecule is COC(=O)C(Cc1ccc(F)cc1)NS(=O)(=O)c1ccc2ccccc2c1. The lowest BCUT2D eigenvalue weighted by Crippen LogP contribution is -2.42. The maximum atomic E-state index is 13.1. The van der Waals surface area contributed by atoms with Crippen LogP contribution in [0.4, 0.5) is 4.39 Å². The molecule has 0 spiro atoms. The molecule has 0 bridgehead atoms. The predicted molar refractivity (Wildman–Crippen MR) is 100 cm³/mol. The fourth-order valence-electron chi connectivity index (χ4n) is 2.76. The molecular weight excluding hydrogens is 369 g/mol. The Hall–Kier alpha value is -2.77. The van der Waals surface area contributed by atoms with Crippen molar-refractivity contribution in [1.29, 1.82) is 0 Å². The van der Waals surface area contributed by atoms with Gasteiger partial charge >= 0.3 is 5.97 Å². The molecule has 3 rings (SSSR count).